The second-order valence-corrected chi connectivity index (χ2v) is 7.31. The third-order valence-corrected chi connectivity index (χ3v) is 4.89. The third kappa shape index (κ3) is 6.93. The molecule has 1 N–H and O–H groups in total. The molecule has 2 aromatic carbocycles. The van der Waals surface area contributed by atoms with Crippen molar-refractivity contribution in [2.24, 2.45) is 0 Å². The molecule has 5 heteroatoms. The highest BCUT2D eigenvalue weighted by atomic mass is 16.5. The summed E-state index contributed by atoms with van der Waals surface area (Å²) in [4.78, 5) is 27.1. The van der Waals surface area contributed by atoms with Gasteiger partial charge in [0.25, 0.3) is 0 Å². The molecule has 0 aliphatic carbocycles. The van der Waals surface area contributed by atoms with Crippen molar-refractivity contribution in [3.8, 4) is 5.75 Å². The number of ether oxygens (including phenoxy) is 1. The lowest BCUT2D eigenvalue weighted by molar-refractivity contribution is -0.141. The van der Waals surface area contributed by atoms with Crippen LogP contribution in [0.1, 0.15) is 42.9 Å². The number of aryl methyl sites for hydroxylation is 2. The number of carbonyl (C=O) groups is 2. The molecule has 0 saturated carbocycles. The number of nitrogens with one attached hydrogen (secondary N) is 1. The van der Waals surface area contributed by atoms with Gasteiger partial charge in [0.05, 0.1) is 6.61 Å². The van der Waals surface area contributed by atoms with Gasteiger partial charge in [-0.25, -0.2) is 0 Å². The van der Waals surface area contributed by atoms with Gasteiger partial charge in [-0.15, -0.1) is 0 Å². The summed E-state index contributed by atoms with van der Waals surface area (Å²) in [6.45, 7) is 6.86. The lowest BCUT2D eigenvalue weighted by Gasteiger charge is -2.30. The van der Waals surface area contributed by atoms with E-state index < -0.39 is 6.04 Å². The molecule has 2 rings (SSSR count). The van der Waals surface area contributed by atoms with Gasteiger partial charge in [-0.05, 0) is 44.4 Å². The van der Waals surface area contributed by atoms with Crippen LogP contribution in [0.3, 0.4) is 0 Å². The fraction of sp³-hybridized carbons (Fsp3) is 0.417. The third-order valence-electron chi connectivity index (χ3n) is 4.89. The van der Waals surface area contributed by atoms with Gasteiger partial charge in [0, 0.05) is 20.0 Å². The predicted octanol–water partition coefficient (Wildman–Crippen LogP) is 4.02. The second-order valence-electron chi connectivity index (χ2n) is 7.31. The summed E-state index contributed by atoms with van der Waals surface area (Å²) >= 11 is 0. The van der Waals surface area contributed by atoms with Gasteiger partial charge >= 0.3 is 0 Å². The first-order valence-corrected chi connectivity index (χ1v) is 10.2. The van der Waals surface area contributed by atoms with Gasteiger partial charge in [0.2, 0.25) is 11.8 Å². The SMILES string of the molecule is CC[C@@H](C(=O)NC)N(Cc1cccc(C)c1)C(=O)CCCOc1ccc(C)cc1. The van der Waals surface area contributed by atoms with Gasteiger partial charge in [-0.2, -0.15) is 0 Å². The van der Waals surface area contributed by atoms with E-state index in [1.54, 1.807) is 11.9 Å². The van der Waals surface area contributed by atoms with Crippen LogP contribution >= 0.6 is 0 Å². The van der Waals surface area contributed by atoms with Crippen molar-refractivity contribution in [1.82, 2.24) is 10.2 Å². The van der Waals surface area contributed by atoms with Crippen LogP contribution in [0.15, 0.2) is 48.5 Å². The molecule has 0 radical (unpaired) electrons. The highest BCUT2D eigenvalue weighted by Gasteiger charge is 2.27. The first-order valence-electron chi connectivity index (χ1n) is 10.2. The average molecular weight is 397 g/mol. The second kappa shape index (κ2) is 11.2. The Labute approximate surface area is 174 Å². The zero-order valence-electron chi connectivity index (χ0n) is 17.9. The molecule has 0 heterocycles. The predicted molar refractivity (Wildman–Crippen MR) is 116 cm³/mol. The fourth-order valence-corrected chi connectivity index (χ4v) is 3.28. The Balaban J connectivity index is 2.00. The van der Waals surface area contributed by atoms with Crippen LogP contribution in [0.5, 0.6) is 5.75 Å². The van der Waals surface area contributed by atoms with Crippen molar-refractivity contribution in [2.45, 2.75) is 52.6 Å². The van der Waals surface area contributed by atoms with Crippen molar-refractivity contribution in [3.63, 3.8) is 0 Å². The summed E-state index contributed by atoms with van der Waals surface area (Å²) in [5.41, 5.74) is 3.34. The molecular weight excluding hydrogens is 364 g/mol. The number of carbonyl (C=O) groups excluding carboxylic acids is 2. The number of nitrogens with zero attached hydrogens (tertiary/aromatic N) is 1. The Morgan fingerprint density at radius 3 is 2.41 bits per heavy atom. The summed E-state index contributed by atoms with van der Waals surface area (Å²) in [5.74, 6) is 0.635. The van der Waals surface area contributed by atoms with E-state index in [-0.39, 0.29) is 11.8 Å². The van der Waals surface area contributed by atoms with Crippen LogP contribution in [0.4, 0.5) is 0 Å². The maximum Gasteiger partial charge on any atom is 0.242 e. The molecule has 0 aliphatic rings. The van der Waals surface area contributed by atoms with Gasteiger partial charge in [0.15, 0.2) is 0 Å². The van der Waals surface area contributed by atoms with E-state index in [9.17, 15) is 9.59 Å². The summed E-state index contributed by atoms with van der Waals surface area (Å²) < 4.78 is 5.73. The van der Waals surface area contributed by atoms with Crippen molar-refractivity contribution >= 4 is 11.8 Å². The van der Waals surface area contributed by atoms with Gasteiger partial charge < -0.3 is 15.0 Å². The first-order chi connectivity index (χ1) is 13.9. The summed E-state index contributed by atoms with van der Waals surface area (Å²) in [6.07, 6.45) is 1.50. The average Bonchev–Trinajstić information content (AvgIpc) is 2.72. The molecule has 0 bridgehead atoms. The highest BCUT2D eigenvalue weighted by Crippen LogP contribution is 2.16. The van der Waals surface area contributed by atoms with Crippen molar-refractivity contribution in [2.75, 3.05) is 13.7 Å². The van der Waals surface area contributed by atoms with E-state index in [0.29, 0.717) is 32.4 Å². The molecule has 0 aliphatic heterocycles. The minimum absolute atomic E-state index is 0.0329. The van der Waals surface area contributed by atoms with Crippen LogP contribution in [0.25, 0.3) is 0 Å². The van der Waals surface area contributed by atoms with Crippen LogP contribution in [0.2, 0.25) is 0 Å². The minimum atomic E-state index is -0.481. The normalized spacial score (nSPS) is 11.6. The van der Waals surface area contributed by atoms with E-state index in [1.807, 2.05) is 63.2 Å². The van der Waals surface area contributed by atoms with E-state index in [0.717, 1.165) is 16.9 Å². The lowest BCUT2D eigenvalue weighted by atomic mass is 10.1. The van der Waals surface area contributed by atoms with Crippen molar-refractivity contribution < 1.29 is 14.3 Å². The van der Waals surface area contributed by atoms with Crippen LogP contribution in [-0.4, -0.2) is 36.4 Å². The Bertz CT molecular complexity index is 802. The number of hydrogen-bond donors (Lipinski definition) is 1. The topological polar surface area (TPSA) is 58.6 Å². The Morgan fingerprint density at radius 1 is 1.07 bits per heavy atom. The molecule has 0 unspecified atom stereocenters. The smallest absolute Gasteiger partial charge is 0.242 e. The molecule has 0 fully saturated rings. The molecule has 0 aromatic heterocycles. The number of hydrogen-bond acceptors (Lipinski definition) is 3. The molecule has 2 amide bonds. The lowest BCUT2D eigenvalue weighted by Crippen LogP contribution is -2.48. The molecule has 156 valence electrons. The monoisotopic (exact) mass is 396 g/mol. The maximum absolute atomic E-state index is 13.0. The summed E-state index contributed by atoms with van der Waals surface area (Å²) in [7, 11) is 1.61. The molecule has 1 atom stereocenters. The highest BCUT2D eigenvalue weighted by molar-refractivity contribution is 5.87. The van der Waals surface area contributed by atoms with E-state index >= 15 is 0 Å². The van der Waals surface area contributed by atoms with E-state index in [2.05, 4.69) is 11.4 Å². The molecule has 29 heavy (non-hydrogen) atoms. The number of likely N-dealkylation sites (N-methyl/N-ethyl adjacent to an activating group) is 1. The molecule has 0 spiro atoms. The van der Waals surface area contributed by atoms with Gasteiger partial charge in [-0.1, -0.05) is 54.4 Å². The Hall–Kier alpha value is -2.82. The van der Waals surface area contributed by atoms with Crippen molar-refractivity contribution in [1.29, 1.82) is 0 Å². The Kier molecular flexibility index (Phi) is 8.71. The van der Waals surface area contributed by atoms with Crippen molar-refractivity contribution in [3.05, 3.63) is 65.2 Å². The Morgan fingerprint density at radius 2 is 1.79 bits per heavy atom. The van der Waals surface area contributed by atoms with Gasteiger partial charge in [-0.3, -0.25) is 9.59 Å². The zero-order chi connectivity index (χ0) is 21.2. The van der Waals surface area contributed by atoms with Crippen LogP contribution in [0, 0.1) is 13.8 Å². The maximum atomic E-state index is 13.0. The molecular formula is C24H32N2O3. The number of rotatable bonds is 10. The quantitative estimate of drug-likeness (QED) is 0.617. The zero-order valence-corrected chi connectivity index (χ0v) is 17.9. The van der Waals surface area contributed by atoms with Gasteiger partial charge in [0.1, 0.15) is 11.8 Å². The van der Waals surface area contributed by atoms with Crippen LogP contribution in [-0.2, 0) is 16.1 Å². The number of benzene rings is 2. The molecule has 2 aromatic rings. The summed E-state index contributed by atoms with van der Waals surface area (Å²) in [6, 6.07) is 15.4. The fourth-order valence-electron chi connectivity index (χ4n) is 3.28. The van der Waals surface area contributed by atoms with E-state index in [1.165, 1.54) is 5.56 Å². The molecule has 0 saturated heterocycles. The summed E-state index contributed by atoms with van der Waals surface area (Å²) in [5, 5.41) is 2.68. The minimum Gasteiger partial charge on any atom is -0.494 e. The molecule has 5 nitrogen and oxygen atoms in total. The first kappa shape index (κ1) is 22.5. The number of amides is 2. The van der Waals surface area contributed by atoms with Crippen LogP contribution < -0.4 is 10.1 Å². The van der Waals surface area contributed by atoms with E-state index in [4.69, 9.17) is 4.74 Å². The standard InChI is InChI=1S/C24H32N2O3/c1-5-22(24(28)25-4)26(17-20-9-6-8-19(3)16-20)23(27)10-7-15-29-21-13-11-18(2)12-14-21/h6,8-9,11-14,16,22H,5,7,10,15,17H2,1-4H3,(H,25,28)/t22-/m0/s1. The largest absolute Gasteiger partial charge is 0.494 e.